The maximum Gasteiger partial charge on any atom is 0.0588 e. The molecule has 21 heavy (non-hydrogen) atoms. The smallest absolute Gasteiger partial charge is 0.0588 e. The van der Waals surface area contributed by atoms with Crippen molar-refractivity contribution in [1.82, 2.24) is 5.32 Å². The maximum absolute atomic E-state index is 3.77. The molecule has 0 spiro atoms. The van der Waals surface area contributed by atoms with Gasteiger partial charge in [-0.05, 0) is 50.4 Å². The van der Waals surface area contributed by atoms with Crippen LogP contribution in [0, 0.1) is 20.8 Å². The molecule has 1 atom stereocenters. The molecular formula is C19H24BrN. The minimum atomic E-state index is 0.234. The molecule has 1 nitrogen and oxygen atoms in total. The molecule has 2 rings (SSSR count). The minimum absolute atomic E-state index is 0.234. The number of rotatable bonds is 5. The monoisotopic (exact) mass is 345 g/mol. The van der Waals surface area contributed by atoms with Crippen LogP contribution in [0.15, 0.2) is 40.9 Å². The van der Waals surface area contributed by atoms with Crippen molar-refractivity contribution in [1.29, 1.82) is 0 Å². The van der Waals surface area contributed by atoms with E-state index in [4.69, 9.17) is 0 Å². The number of hydrogen-bond acceptors (Lipinski definition) is 1. The average Bonchev–Trinajstić information content (AvgIpc) is 2.42. The van der Waals surface area contributed by atoms with E-state index in [0.717, 1.165) is 13.0 Å². The van der Waals surface area contributed by atoms with Gasteiger partial charge < -0.3 is 5.32 Å². The van der Waals surface area contributed by atoms with Crippen LogP contribution in [-0.2, 0) is 0 Å². The molecule has 0 amide bonds. The highest BCUT2D eigenvalue weighted by Crippen LogP contribution is 2.31. The lowest BCUT2D eigenvalue weighted by molar-refractivity contribution is 0.596. The van der Waals surface area contributed by atoms with Crippen LogP contribution in [0.3, 0.4) is 0 Å². The first-order valence-electron chi connectivity index (χ1n) is 7.59. The van der Waals surface area contributed by atoms with Gasteiger partial charge >= 0.3 is 0 Å². The summed E-state index contributed by atoms with van der Waals surface area (Å²) in [5.74, 6) is 0. The van der Waals surface area contributed by atoms with Gasteiger partial charge in [0.2, 0.25) is 0 Å². The Morgan fingerprint density at radius 3 is 2.33 bits per heavy atom. The van der Waals surface area contributed by atoms with Crippen molar-refractivity contribution in [3.8, 4) is 0 Å². The fourth-order valence-corrected chi connectivity index (χ4v) is 3.26. The third-order valence-electron chi connectivity index (χ3n) is 3.71. The Balaban J connectivity index is 2.49. The van der Waals surface area contributed by atoms with Crippen molar-refractivity contribution in [2.75, 3.05) is 6.54 Å². The summed E-state index contributed by atoms with van der Waals surface area (Å²) in [6.45, 7) is 9.69. The molecule has 2 heteroatoms. The van der Waals surface area contributed by atoms with Crippen LogP contribution < -0.4 is 5.32 Å². The van der Waals surface area contributed by atoms with Gasteiger partial charge in [-0.1, -0.05) is 70.4 Å². The molecule has 0 saturated heterocycles. The van der Waals surface area contributed by atoms with Crippen molar-refractivity contribution in [2.45, 2.75) is 40.2 Å². The molecule has 0 heterocycles. The summed E-state index contributed by atoms with van der Waals surface area (Å²) >= 11 is 3.77. The van der Waals surface area contributed by atoms with E-state index in [-0.39, 0.29) is 6.04 Å². The van der Waals surface area contributed by atoms with E-state index in [2.05, 4.69) is 85.3 Å². The molecule has 0 aliphatic rings. The van der Waals surface area contributed by atoms with Gasteiger partial charge in [0.15, 0.2) is 0 Å². The highest BCUT2D eigenvalue weighted by molar-refractivity contribution is 9.10. The third kappa shape index (κ3) is 3.96. The largest absolute Gasteiger partial charge is 0.306 e. The van der Waals surface area contributed by atoms with Crippen LogP contribution >= 0.6 is 15.9 Å². The zero-order chi connectivity index (χ0) is 15.4. The van der Waals surface area contributed by atoms with E-state index in [0.29, 0.717) is 0 Å². The van der Waals surface area contributed by atoms with Gasteiger partial charge in [0.25, 0.3) is 0 Å². The zero-order valence-electron chi connectivity index (χ0n) is 13.3. The third-order valence-corrected chi connectivity index (χ3v) is 4.79. The Morgan fingerprint density at radius 1 is 1.05 bits per heavy atom. The molecule has 2 aromatic rings. The Bertz CT molecular complexity index is 599. The van der Waals surface area contributed by atoms with Gasteiger partial charge in [-0.3, -0.25) is 0 Å². The van der Waals surface area contributed by atoms with Gasteiger partial charge in [0, 0.05) is 4.47 Å². The summed E-state index contributed by atoms with van der Waals surface area (Å²) in [7, 11) is 0. The fraction of sp³-hybridized carbons (Fsp3) is 0.368. The fourth-order valence-electron chi connectivity index (χ4n) is 2.77. The lowest BCUT2D eigenvalue weighted by Crippen LogP contribution is -2.24. The Labute approximate surface area is 136 Å². The Kier molecular flexibility index (Phi) is 5.60. The quantitative estimate of drug-likeness (QED) is 0.758. The summed E-state index contributed by atoms with van der Waals surface area (Å²) in [4.78, 5) is 0. The van der Waals surface area contributed by atoms with E-state index in [9.17, 15) is 0 Å². The first kappa shape index (κ1) is 16.3. The van der Waals surface area contributed by atoms with Gasteiger partial charge in [-0.2, -0.15) is 0 Å². The van der Waals surface area contributed by atoms with Crippen molar-refractivity contribution in [3.05, 3.63) is 68.7 Å². The highest BCUT2D eigenvalue weighted by atomic mass is 79.9. The van der Waals surface area contributed by atoms with E-state index < -0.39 is 0 Å². The summed E-state index contributed by atoms with van der Waals surface area (Å²) in [5, 5.41) is 3.69. The van der Waals surface area contributed by atoms with Crippen molar-refractivity contribution >= 4 is 15.9 Å². The first-order chi connectivity index (χ1) is 10.0. The molecule has 2 aromatic carbocycles. The van der Waals surface area contributed by atoms with Crippen LogP contribution in [0.25, 0.3) is 0 Å². The first-order valence-corrected chi connectivity index (χ1v) is 8.38. The van der Waals surface area contributed by atoms with E-state index in [1.165, 1.54) is 32.3 Å². The number of benzene rings is 2. The van der Waals surface area contributed by atoms with E-state index in [1.54, 1.807) is 0 Å². The van der Waals surface area contributed by atoms with Crippen molar-refractivity contribution in [3.63, 3.8) is 0 Å². The van der Waals surface area contributed by atoms with Gasteiger partial charge in [0.05, 0.1) is 6.04 Å². The molecule has 0 bridgehead atoms. The van der Waals surface area contributed by atoms with Crippen LogP contribution in [0.5, 0.6) is 0 Å². The molecule has 0 saturated carbocycles. The van der Waals surface area contributed by atoms with Gasteiger partial charge in [-0.15, -0.1) is 0 Å². The molecule has 0 radical (unpaired) electrons. The number of halogens is 1. The Hall–Kier alpha value is -1.12. The molecule has 0 aromatic heterocycles. The van der Waals surface area contributed by atoms with Crippen molar-refractivity contribution < 1.29 is 0 Å². The highest BCUT2D eigenvalue weighted by Gasteiger charge is 2.17. The normalized spacial score (nSPS) is 12.4. The summed E-state index contributed by atoms with van der Waals surface area (Å²) in [6.07, 6.45) is 1.13. The zero-order valence-corrected chi connectivity index (χ0v) is 14.9. The molecule has 0 fully saturated rings. The van der Waals surface area contributed by atoms with E-state index >= 15 is 0 Å². The maximum atomic E-state index is 3.77. The molecule has 112 valence electrons. The molecular weight excluding hydrogens is 322 g/mol. The average molecular weight is 346 g/mol. The molecule has 0 aliphatic carbocycles. The minimum Gasteiger partial charge on any atom is -0.306 e. The number of nitrogens with one attached hydrogen (secondary N) is 1. The van der Waals surface area contributed by atoms with Crippen LogP contribution in [0.2, 0.25) is 0 Å². The predicted octanol–water partition coefficient (Wildman–Crippen LogP) is 5.46. The van der Waals surface area contributed by atoms with E-state index in [1.807, 2.05) is 0 Å². The second-order valence-electron chi connectivity index (χ2n) is 5.79. The van der Waals surface area contributed by atoms with Crippen molar-refractivity contribution in [2.24, 2.45) is 0 Å². The van der Waals surface area contributed by atoms with Crippen LogP contribution in [-0.4, -0.2) is 6.54 Å². The van der Waals surface area contributed by atoms with Gasteiger partial charge in [0.1, 0.15) is 0 Å². The van der Waals surface area contributed by atoms with Crippen LogP contribution in [0.1, 0.15) is 47.2 Å². The second kappa shape index (κ2) is 7.24. The molecule has 0 aliphatic heterocycles. The summed E-state index contributed by atoms with van der Waals surface area (Å²) in [5.41, 5.74) is 6.56. The SMILES string of the molecule is CCCNC(c1cc(C)cc(C)c1)c1cccc(C)c1Br. The number of aryl methyl sites for hydroxylation is 3. The summed E-state index contributed by atoms with van der Waals surface area (Å²) < 4.78 is 1.21. The lowest BCUT2D eigenvalue weighted by Gasteiger charge is -2.22. The number of hydrogen-bond donors (Lipinski definition) is 1. The topological polar surface area (TPSA) is 12.0 Å². The Morgan fingerprint density at radius 2 is 1.71 bits per heavy atom. The standard InChI is InChI=1S/C19H24BrN/c1-5-9-21-19(16-11-13(2)10-14(3)12-16)17-8-6-7-15(4)18(17)20/h6-8,10-12,19,21H,5,9H2,1-4H3. The molecule has 1 N–H and O–H groups in total. The second-order valence-corrected chi connectivity index (χ2v) is 6.58. The predicted molar refractivity (Wildman–Crippen MR) is 94.9 cm³/mol. The van der Waals surface area contributed by atoms with Gasteiger partial charge in [-0.25, -0.2) is 0 Å². The van der Waals surface area contributed by atoms with Crippen LogP contribution in [0.4, 0.5) is 0 Å². The lowest BCUT2D eigenvalue weighted by atomic mass is 9.94. The molecule has 1 unspecified atom stereocenters. The summed E-state index contributed by atoms with van der Waals surface area (Å²) in [6, 6.07) is 13.5.